The molecule has 0 aliphatic carbocycles. The summed E-state index contributed by atoms with van der Waals surface area (Å²) in [6, 6.07) is 0. The molecule has 0 aromatic carbocycles. The van der Waals surface area contributed by atoms with Crippen molar-refractivity contribution in [1.29, 1.82) is 0 Å². The van der Waals surface area contributed by atoms with E-state index in [2.05, 4.69) is 18.7 Å². The van der Waals surface area contributed by atoms with Gasteiger partial charge in [-0.05, 0) is 45.8 Å². The normalized spacial score (nSPS) is 39.7. The Balaban J connectivity index is 1.92. The molecular formula is C13H26N2O2. The van der Waals surface area contributed by atoms with Gasteiger partial charge in [0.1, 0.15) is 0 Å². The molecular weight excluding hydrogens is 216 g/mol. The minimum Gasteiger partial charge on any atom is -0.347 e. The summed E-state index contributed by atoms with van der Waals surface area (Å²) in [5.74, 6) is 0.118. The fourth-order valence-electron chi connectivity index (χ4n) is 2.97. The molecule has 2 heterocycles. The Morgan fingerprint density at radius 1 is 1.47 bits per heavy atom. The quantitative estimate of drug-likeness (QED) is 0.804. The number of nitrogens with zero attached hydrogens (tertiary/aromatic N) is 1. The first-order chi connectivity index (χ1) is 8.18. The van der Waals surface area contributed by atoms with Crippen molar-refractivity contribution >= 4 is 0 Å². The summed E-state index contributed by atoms with van der Waals surface area (Å²) in [7, 11) is 0. The Morgan fingerprint density at radius 3 is 3.00 bits per heavy atom. The third-order valence-corrected chi connectivity index (χ3v) is 4.14. The highest BCUT2D eigenvalue weighted by Crippen LogP contribution is 2.36. The van der Waals surface area contributed by atoms with Gasteiger partial charge in [0, 0.05) is 12.5 Å². The molecule has 2 fully saturated rings. The zero-order valence-electron chi connectivity index (χ0n) is 11.2. The lowest BCUT2D eigenvalue weighted by atomic mass is 9.90. The minimum atomic E-state index is -0.381. The Morgan fingerprint density at radius 2 is 2.29 bits per heavy atom. The summed E-state index contributed by atoms with van der Waals surface area (Å²) in [6.07, 6.45) is 3.56. The maximum Gasteiger partial charge on any atom is 0.170 e. The van der Waals surface area contributed by atoms with Gasteiger partial charge >= 0.3 is 0 Å². The lowest BCUT2D eigenvalue weighted by Crippen LogP contribution is -2.47. The average molecular weight is 242 g/mol. The van der Waals surface area contributed by atoms with Crippen molar-refractivity contribution in [3.05, 3.63) is 0 Å². The van der Waals surface area contributed by atoms with Crippen LogP contribution in [0.1, 0.15) is 33.1 Å². The number of ether oxygens (including phenoxy) is 2. The first-order valence-electron chi connectivity index (χ1n) is 6.92. The second-order valence-corrected chi connectivity index (χ2v) is 5.38. The molecule has 3 unspecified atom stereocenters. The van der Waals surface area contributed by atoms with Gasteiger partial charge in [-0.15, -0.1) is 0 Å². The fourth-order valence-corrected chi connectivity index (χ4v) is 2.97. The molecule has 17 heavy (non-hydrogen) atoms. The van der Waals surface area contributed by atoms with Crippen molar-refractivity contribution < 1.29 is 9.47 Å². The monoisotopic (exact) mass is 242 g/mol. The molecule has 2 aliphatic heterocycles. The summed E-state index contributed by atoms with van der Waals surface area (Å²) in [4.78, 5) is 2.49. The van der Waals surface area contributed by atoms with E-state index in [1.54, 1.807) is 0 Å². The maximum atomic E-state index is 6.09. The molecule has 4 heteroatoms. The summed E-state index contributed by atoms with van der Waals surface area (Å²) < 4.78 is 12.0. The van der Waals surface area contributed by atoms with Crippen LogP contribution in [-0.2, 0) is 9.47 Å². The van der Waals surface area contributed by atoms with Crippen molar-refractivity contribution in [1.82, 2.24) is 4.90 Å². The van der Waals surface area contributed by atoms with Crippen molar-refractivity contribution in [3.8, 4) is 0 Å². The predicted molar refractivity (Wildman–Crippen MR) is 67.7 cm³/mol. The lowest BCUT2D eigenvalue weighted by molar-refractivity contribution is -0.201. The molecule has 0 bridgehead atoms. The largest absolute Gasteiger partial charge is 0.347 e. The van der Waals surface area contributed by atoms with Crippen LogP contribution in [0.4, 0.5) is 0 Å². The van der Waals surface area contributed by atoms with Crippen LogP contribution in [0.5, 0.6) is 0 Å². The minimum absolute atomic E-state index is 0.196. The van der Waals surface area contributed by atoms with E-state index in [4.69, 9.17) is 15.2 Å². The first kappa shape index (κ1) is 13.3. The predicted octanol–water partition coefficient (Wildman–Crippen LogP) is 1.20. The standard InChI is InChI=1S/C13H26N2O2/c1-3-15-8-4-5-11(9-15)13(2)16-10-12(17-13)6-7-14/h11-12H,3-10,14H2,1-2H3. The van der Waals surface area contributed by atoms with Gasteiger partial charge in [0.2, 0.25) is 0 Å². The molecule has 0 radical (unpaired) electrons. The van der Waals surface area contributed by atoms with E-state index >= 15 is 0 Å². The van der Waals surface area contributed by atoms with Gasteiger partial charge in [0.15, 0.2) is 5.79 Å². The van der Waals surface area contributed by atoms with Crippen LogP contribution in [0.2, 0.25) is 0 Å². The number of hydrogen-bond donors (Lipinski definition) is 1. The van der Waals surface area contributed by atoms with Crippen molar-refractivity contribution in [3.63, 3.8) is 0 Å². The van der Waals surface area contributed by atoms with Crippen LogP contribution < -0.4 is 5.73 Å². The van der Waals surface area contributed by atoms with Crippen LogP contribution in [0.3, 0.4) is 0 Å². The second kappa shape index (κ2) is 5.65. The van der Waals surface area contributed by atoms with E-state index in [0.717, 1.165) is 19.5 Å². The highest BCUT2D eigenvalue weighted by Gasteiger charge is 2.44. The van der Waals surface area contributed by atoms with Crippen molar-refractivity contribution in [2.75, 3.05) is 32.8 Å². The molecule has 0 amide bonds. The molecule has 0 spiro atoms. The highest BCUT2D eigenvalue weighted by atomic mass is 16.7. The van der Waals surface area contributed by atoms with Gasteiger partial charge in [-0.25, -0.2) is 0 Å². The molecule has 4 nitrogen and oxygen atoms in total. The van der Waals surface area contributed by atoms with E-state index < -0.39 is 0 Å². The van der Waals surface area contributed by atoms with Gasteiger partial charge in [-0.2, -0.15) is 0 Å². The number of nitrogens with two attached hydrogens (primary N) is 1. The van der Waals surface area contributed by atoms with Gasteiger partial charge < -0.3 is 20.1 Å². The zero-order valence-corrected chi connectivity index (χ0v) is 11.2. The summed E-state index contributed by atoms with van der Waals surface area (Å²) in [5.41, 5.74) is 5.58. The molecule has 3 atom stereocenters. The van der Waals surface area contributed by atoms with E-state index in [-0.39, 0.29) is 11.9 Å². The fraction of sp³-hybridized carbons (Fsp3) is 1.00. The third kappa shape index (κ3) is 2.99. The molecule has 100 valence electrons. The van der Waals surface area contributed by atoms with Crippen LogP contribution in [0.25, 0.3) is 0 Å². The third-order valence-electron chi connectivity index (χ3n) is 4.14. The number of likely N-dealkylation sites (tertiary alicyclic amines) is 1. The first-order valence-corrected chi connectivity index (χ1v) is 6.92. The van der Waals surface area contributed by atoms with Gasteiger partial charge in [-0.3, -0.25) is 0 Å². The average Bonchev–Trinajstić information content (AvgIpc) is 2.73. The molecule has 0 saturated carbocycles. The molecule has 2 rings (SSSR count). The van der Waals surface area contributed by atoms with Gasteiger partial charge in [-0.1, -0.05) is 6.92 Å². The van der Waals surface area contributed by atoms with E-state index in [0.29, 0.717) is 19.1 Å². The Labute approximate surface area is 104 Å². The van der Waals surface area contributed by atoms with E-state index in [9.17, 15) is 0 Å². The van der Waals surface area contributed by atoms with Crippen LogP contribution in [-0.4, -0.2) is 49.6 Å². The van der Waals surface area contributed by atoms with E-state index in [1.807, 2.05) is 0 Å². The molecule has 2 N–H and O–H groups in total. The Hall–Kier alpha value is -0.160. The summed E-state index contributed by atoms with van der Waals surface area (Å²) >= 11 is 0. The molecule has 2 saturated heterocycles. The van der Waals surface area contributed by atoms with Gasteiger partial charge in [0.05, 0.1) is 12.7 Å². The number of piperidine rings is 1. The number of rotatable bonds is 4. The summed E-state index contributed by atoms with van der Waals surface area (Å²) in [6.45, 7) is 9.15. The summed E-state index contributed by atoms with van der Waals surface area (Å²) in [5, 5.41) is 0. The Bertz CT molecular complexity index is 250. The highest BCUT2D eigenvalue weighted by molar-refractivity contribution is 4.86. The van der Waals surface area contributed by atoms with Crippen LogP contribution >= 0.6 is 0 Å². The van der Waals surface area contributed by atoms with E-state index in [1.165, 1.54) is 19.4 Å². The van der Waals surface area contributed by atoms with Crippen LogP contribution in [0, 0.1) is 5.92 Å². The topological polar surface area (TPSA) is 47.7 Å². The van der Waals surface area contributed by atoms with Crippen molar-refractivity contribution in [2.24, 2.45) is 11.7 Å². The molecule has 0 aromatic heterocycles. The smallest absolute Gasteiger partial charge is 0.170 e. The van der Waals surface area contributed by atoms with Crippen molar-refractivity contribution in [2.45, 2.75) is 45.0 Å². The maximum absolute atomic E-state index is 6.09. The SMILES string of the molecule is CCN1CCCC(C2(C)OCC(CCN)O2)C1. The molecule has 0 aromatic rings. The Kier molecular flexibility index (Phi) is 4.42. The number of hydrogen-bond acceptors (Lipinski definition) is 4. The lowest BCUT2D eigenvalue weighted by Gasteiger charge is -2.39. The van der Waals surface area contributed by atoms with Crippen LogP contribution in [0.15, 0.2) is 0 Å². The molecule has 2 aliphatic rings. The second-order valence-electron chi connectivity index (χ2n) is 5.38. The van der Waals surface area contributed by atoms with Gasteiger partial charge in [0.25, 0.3) is 0 Å². The zero-order chi connectivity index (χ0) is 12.3.